The van der Waals surface area contributed by atoms with Gasteiger partial charge in [0.15, 0.2) is 0 Å². The highest BCUT2D eigenvalue weighted by atomic mass is 32.1. The van der Waals surface area contributed by atoms with Crippen molar-refractivity contribution in [1.82, 2.24) is 19.9 Å². The molecule has 1 unspecified atom stereocenters. The average Bonchev–Trinajstić information content (AvgIpc) is 2.58. The van der Waals surface area contributed by atoms with E-state index < -0.39 is 0 Å². The Morgan fingerprint density at radius 2 is 2.33 bits per heavy atom. The second kappa shape index (κ2) is 4.42. The van der Waals surface area contributed by atoms with Gasteiger partial charge in [-0.25, -0.2) is 5.16 Å². The summed E-state index contributed by atoms with van der Waals surface area (Å²) in [6.07, 6.45) is 0.862. The van der Waals surface area contributed by atoms with Crippen molar-refractivity contribution in [2.75, 3.05) is 33.7 Å². The molecule has 1 saturated heterocycles. The van der Waals surface area contributed by atoms with Crippen LogP contribution in [0.3, 0.4) is 0 Å². The van der Waals surface area contributed by atoms with E-state index in [-0.39, 0.29) is 4.84 Å². The Morgan fingerprint density at radius 3 is 3.00 bits per heavy atom. The van der Waals surface area contributed by atoms with Crippen molar-refractivity contribution in [1.29, 1.82) is 0 Å². The summed E-state index contributed by atoms with van der Waals surface area (Å²) in [6.45, 7) is 3.28. The van der Waals surface area contributed by atoms with Gasteiger partial charge in [-0.3, -0.25) is 0 Å². The summed E-state index contributed by atoms with van der Waals surface area (Å²) in [6, 6.07) is 0.486. The van der Waals surface area contributed by atoms with Crippen molar-refractivity contribution >= 4 is 12.2 Å². The van der Waals surface area contributed by atoms with Gasteiger partial charge in [0.2, 0.25) is 0 Å². The number of hydrogen-bond donors (Lipinski definition) is 1. The van der Waals surface area contributed by atoms with Gasteiger partial charge < -0.3 is 14.3 Å². The van der Waals surface area contributed by atoms with Crippen LogP contribution in [-0.2, 0) is 6.42 Å². The molecule has 0 radical (unpaired) electrons. The van der Waals surface area contributed by atoms with E-state index in [9.17, 15) is 0 Å². The Hall–Kier alpha value is -0.720. The van der Waals surface area contributed by atoms with Crippen LogP contribution in [-0.4, -0.2) is 59.7 Å². The molecule has 0 aliphatic carbocycles. The fourth-order valence-electron chi connectivity index (χ4n) is 1.89. The summed E-state index contributed by atoms with van der Waals surface area (Å²) in [4.78, 5) is 9.09. The molecule has 1 aliphatic rings. The van der Waals surface area contributed by atoms with E-state index in [1.165, 1.54) is 0 Å². The van der Waals surface area contributed by atoms with Crippen LogP contribution in [0.25, 0.3) is 0 Å². The van der Waals surface area contributed by atoms with Gasteiger partial charge in [-0.1, -0.05) is 0 Å². The van der Waals surface area contributed by atoms with E-state index in [1.54, 1.807) is 0 Å². The number of hydrogen-bond acceptors (Lipinski definition) is 5. The summed E-state index contributed by atoms with van der Waals surface area (Å²) in [5.41, 5.74) is 0. The minimum atomic E-state index is 0.289. The molecule has 2 rings (SSSR count). The SMILES string of the molecule is CN1CCN(C)C(Cc2nc(=S)o[nH]2)C1. The van der Waals surface area contributed by atoms with Gasteiger partial charge in [0, 0.05) is 32.1 Å². The Kier molecular flexibility index (Phi) is 3.18. The van der Waals surface area contributed by atoms with Gasteiger partial charge in [0.05, 0.1) is 0 Å². The minimum Gasteiger partial charge on any atom is -0.348 e. The Morgan fingerprint density at radius 1 is 1.53 bits per heavy atom. The minimum absolute atomic E-state index is 0.289. The zero-order valence-corrected chi connectivity index (χ0v) is 9.88. The van der Waals surface area contributed by atoms with Crippen LogP contribution in [0.1, 0.15) is 5.82 Å². The lowest BCUT2D eigenvalue weighted by Gasteiger charge is -2.37. The first-order chi connectivity index (χ1) is 7.15. The third-order valence-corrected chi connectivity index (χ3v) is 3.07. The van der Waals surface area contributed by atoms with E-state index >= 15 is 0 Å². The predicted octanol–water partition coefficient (Wildman–Crippen LogP) is 0.520. The van der Waals surface area contributed by atoms with Crippen molar-refractivity contribution in [2.24, 2.45) is 0 Å². The highest BCUT2D eigenvalue weighted by Crippen LogP contribution is 2.10. The summed E-state index contributed by atoms with van der Waals surface area (Å²) in [7, 11) is 4.29. The average molecular weight is 228 g/mol. The van der Waals surface area contributed by atoms with Crippen LogP contribution in [0, 0.1) is 4.84 Å². The fourth-order valence-corrected chi connectivity index (χ4v) is 2.04. The Balaban J connectivity index is 2.01. The van der Waals surface area contributed by atoms with Gasteiger partial charge in [-0.15, -0.1) is 0 Å². The molecule has 0 aromatic carbocycles. The largest absolute Gasteiger partial charge is 0.348 e. The maximum atomic E-state index is 4.91. The van der Waals surface area contributed by atoms with Crippen LogP contribution in [0.5, 0.6) is 0 Å². The second-order valence-electron chi connectivity index (χ2n) is 4.13. The topological polar surface area (TPSA) is 48.3 Å². The lowest BCUT2D eigenvalue weighted by Crippen LogP contribution is -2.50. The number of piperazine rings is 1. The van der Waals surface area contributed by atoms with Crippen molar-refractivity contribution in [3.8, 4) is 0 Å². The number of H-pyrrole nitrogens is 1. The molecular formula is C9H16N4OS. The van der Waals surface area contributed by atoms with Crippen molar-refractivity contribution in [3.05, 3.63) is 10.7 Å². The van der Waals surface area contributed by atoms with E-state index in [0.29, 0.717) is 6.04 Å². The lowest BCUT2D eigenvalue weighted by molar-refractivity contribution is 0.113. The van der Waals surface area contributed by atoms with Crippen molar-refractivity contribution in [2.45, 2.75) is 12.5 Å². The maximum absolute atomic E-state index is 4.91. The van der Waals surface area contributed by atoms with E-state index in [0.717, 1.165) is 31.9 Å². The van der Waals surface area contributed by atoms with Crippen LogP contribution in [0.2, 0.25) is 0 Å². The highest BCUT2D eigenvalue weighted by Gasteiger charge is 2.23. The first-order valence-corrected chi connectivity index (χ1v) is 5.49. The molecule has 1 aliphatic heterocycles. The fraction of sp³-hybridized carbons (Fsp3) is 0.778. The van der Waals surface area contributed by atoms with Gasteiger partial charge in [0.1, 0.15) is 5.82 Å². The van der Waals surface area contributed by atoms with E-state index in [2.05, 4.69) is 34.0 Å². The molecule has 6 heteroatoms. The number of nitrogens with one attached hydrogen (secondary N) is 1. The zero-order chi connectivity index (χ0) is 10.8. The summed E-state index contributed by atoms with van der Waals surface area (Å²) < 4.78 is 4.91. The number of likely N-dealkylation sites (N-methyl/N-ethyl adjacent to an activating group) is 2. The summed E-state index contributed by atoms with van der Waals surface area (Å²) >= 11 is 4.82. The van der Waals surface area contributed by atoms with Crippen LogP contribution >= 0.6 is 12.2 Å². The smallest absolute Gasteiger partial charge is 0.314 e. The molecule has 0 amide bonds. The molecule has 0 bridgehead atoms. The number of rotatable bonds is 2. The molecule has 5 nitrogen and oxygen atoms in total. The van der Waals surface area contributed by atoms with Crippen LogP contribution in [0.4, 0.5) is 0 Å². The standard InChI is InChI=1S/C9H16N4OS/c1-12-3-4-13(2)7(6-12)5-8-10-9(15)14-11-8/h7H,3-6H2,1-2H3,(H,10,11,15). The van der Waals surface area contributed by atoms with Gasteiger partial charge >= 0.3 is 4.84 Å². The van der Waals surface area contributed by atoms with Gasteiger partial charge in [-0.2, -0.15) is 4.98 Å². The molecule has 1 fully saturated rings. The lowest BCUT2D eigenvalue weighted by atomic mass is 10.1. The first kappa shape index (κ1) is 10.8. The molecule has 2 heterocycles. The normalized spacial score (nSPS) is 24.5. The van der Waals surface area contributed by atoms with Crippen molar-refractivity contribution in [3.63, 3.8) is 0 Å². The first-order valence-electron chi connectivity index (χ1n) is 5.08. The van der Waals surface area contributed by atoms with Crippen molar-refractivity contribution < 1.29 is 4.52 Å². The number of aromatic nitrogens is 2. The molecule has 1 aromatic heterocycles. The third-order valence-electron chi connectivity index (χ3n) is 2.89. The molecule has 84 valence electrons. The second-order valence-corrected chi connectivity index (χ2v) is 4.48. The van der Waals surface area contributed by atoms with Crippen LogP contribution in [0.15, 0.2) is 4.52 Å². The number of aromatic amines is 1. The summed E-state index contributed by atoms with van der Waals surface area (Å²) in [5, 5.41) is 2.75. The maximum Gasteiger partial charge on any atom is 0.314 e. The van der Waals surface area contributed by atoms with Crippen LogP contribution < -0.4 is 0 Å². The quantitative estimate of drug-likeness (QED) is 0.748. The molecule has 15 heavy (non-hydrogen) atoms. The van der Waals surface area contributed by atoms with Gasteiger partial charge in [-0.05, 0) is 26.3 Å². The Bertz CT molecular complexity index is 374. The number of nitrogens with zero attached hydrogens (tertiary/aromatic N) is 3. The molecule has 1 N–H and O–H groups in total. The van der Waals surface area contributed by atoms with E-state index in [4.69, 9.17) is 16.7 Å². The monoisotopic (exact) mass is 228 g/mol. The molecule has 1 atom stereocenters. The van der Waals surface area contributed by atoms with E-state index in [1.807, 2.05) is 0 Å². The molecule has 0 spiro atoms. The molecule has 0 saturated carbocycles. The molecule has 1 aromatic rings. The predicted molar refractivity (Wildman–Crippen MR) is 59.3 cm³/mol. The Labute approximate surface area is 94.0 Å². The highest BCUT2D eigenvalue weighted by molar-refractivity contribution is 7.71. The third kappa shape index (κ3) is 2.64. The molecular weight excluding hydrogens is 212 g/mol. The zero-order valence-electron chi connectivity index (χ0n) is 9.06. The van der Waals surface area contributed by atoms with Gasteiger partial charge in [0.25, 0.3) is 0 Å². The summed E-state index contributed by atoms with van der Waals surface area (Å²) in [5.74, 6) is 0.840.